The first kappa shape index (κ1) is 43.1. The molecule has 0 radical (unpaired) electrons. The van der Waals surface area contributed by atoms with Gasteiger partial charge in [0.15, 0.2) is 0 Å². The van der Waals surface area contributed by atoms with Crippen molar-refractivity contribution in [3.05, 3.63) is 254 Å². The first-order valence-corrected chi connectivity index (χ1v) is 25.3. The molecule has 0 atom stereocenters. The summed E-state index contributed by atoms with van der Waals surface area (Å²) in [6.07, 6.45) is 0. The van der Waals surface area contributed by atoms with E-state index in [-0.39, 0.29) is 5.41 Å². The van der Waals surface area contributed by atoms with Crippen molar-refractivity contribution in [2.75, 3.05) is 9.80 Å². The van der Waals surface area contributed by atoms with Crippen LogP contribution in [0.2, 0.25) is 0 Å². The van der Waals surface area contributed by atoms with E-state index in [9.17, 15) is 0 Å². The zero-order valence-corrected chi connectivity index (χ0v) is 40.7. The Balaban J connectivity index is 0.00000249. The topological polar surface area (TPSA) is 6.48 Å². The van der Waals surface area contributed by atoms with E-state index in [0.717, 1.165) is 39.7 Å². The molecule has 0 N–H and O–H groups in total. The minimum Gasteiger partial charge on any atom is -0.310 e. The lowest BCUT2D eigenvalue weighted by Crippen LogP contribution is -2.16. The SMILES string of the molecule is CC.CC1(C)c2cc(-c3cc(N(c4ccccc4)c4ccc(-c5ccccc5)cc4)cc(N(c4ccc5sc6ccccc6c5c4)c4cccc5ccccc45)c3)ccc2-c2ccc3ccccc3c21. The lowest BCUT2D eigenvalue weighted by molar-refractivity contribution is 0.666. The second kappa shape index (κ2) is 17.7. The molecule has 0 saturated carbocycles. The summed E-state index contributed by atoms with van der Waals surface area (Å²) in [7, 11) is 0. The molecular formula is C67H52N2S. The van der Waals surface area contributed by atoms with Crippen molar-refractivity contribution < 1.29 is 0 Å². The highest BCUT2D eigenvalue weighted by Crippen LogP contribution is 2.53. The fraction of sp³-hybridized carbons (Fsp3) is 0.0746. The maximum Gasteiger partial charge on any atom is 0.0540 e. The summed E-state index contributed by atoms with van der Waals surface area (Å²) in [5, 5.41) is 7.55. The van der Waals surface area contributed by atoms with Crippen LogP contribution in [0.4, 0.5) is 34.1 Å². The highest BCUT2D eigenvalue weighted by molar-refractivity contribution is 7.25. The maximum absolute atomic E-state index is 2.49. The van der Waals surface area contributed by atoms with Gasteiger partial charge in [0.05, 0.1) is 5.69 Å². The maximum atomic E-state index is 2.49. The third-order valence-corrected chi connectivity index (χ3v) is 15.3. The van der Waals surface area contributed by atoms with Crippen LogP contribution in [-0.2, 0) is 5.41 Å². The van der Waals surface area contributed by atoms with Gasteiger partial charge in [0.2, 0.25) is 0 Å². The second-order valence-corrected chi connectivity index (χ2v) is 19.6. The van der Waals surface area contributed by atoms with Gasteiger partial charge >= 0.3 is 0 Å². The van der Waals surface area contributed by atoms with E-state index < -0.39 is 0 Å². The average Bonchev–Trinajstić information content (AvgIpc) is 3.91. The van der Waals surface area contributed by atoms with E-state index in [1.165, 1.54) is 80.7 Å². The molecule has 13 rings (SSSR count). The minimum absolute atomic E-state index is 0.202. The second-order valence-electron chi connectivity index (χ2n) is 18.5. The van der Waals surface area contributed by atoms with Gasteiger partial charge in [-0.3, -0.25) is 0 Å². The van der Waals surface area contributed by atoms with Crippen LogP contribution in [0.25, 0.3) is 75.1 Å². The van der Waals surface area contributed by atoms with Crippen LogP contribution in [-0.4, -0.2) is 0 Å². The van der Waals surface area contributed by atoms with E-state index in [1.807, 2.05) is 25.2 Å². The molecule has 0 fully saturated rings. The van der Waals surface area contributed by atoms with E-state index in [1.54, 1.807) is 0 Å². The fourth-order valence-corrected chi connectivity index (χ4v) is 12.0. The van der Waals surface area contributed by atoms with Crippen molar-refractivity contribution in [3.8, 4) is 33.4 Å². The molecule has 0 unspecified atom stereocenters. The number of rotatable bonds is 8. The predicted octanol–water partition coefficient (Wildman–Crippen LogP) is 20.0. The minimum atomic E-state index is -0.202. The number of nitrogens with zero attached hydrogens (tertiary/aromatic N) is 2. The van der Waals surface area contributed by atoms with Crippen molar-refractivity contribution in [2.24, 2.45) is 0 Å². The molecule has 1 aromatic heterocycles. The third kappa shape index (κ3) is 7.33. The molecule has 0 saturated heterocycles. The van der Waals surface area contributed by atoms with Gasteiger partial charge in [-0.15, -0.1) is 11.3 Å². The molecule has 336 valence electrons. The Morgan fingerprint density at radius 2 is 0.886 bits per heavy atom. The van der Waals surface area contributed by atoms with Crippen LogP contribution >= 0.6 is 11.3 Å². The quantitative estimate of drug-likeness (QED) is 0.150. The summed E-state index contributed by atoms with van der Waals surface area (Å²) in [5.41, 5.74) is 16.5. The Labute approximate surface area is 415 Å². The fourth-order valence-electron chi connectivity index (χ4n) is 10.9. The van der Waals surface area contributed by atoms with Gasteiger partial charge in [-0.05, 0) is 140 Å². The molecule has 70 heavy (non-hydrogen) atoms. The van der Waals surface area contributed by atoms with Gasteiger partial charge < -0.3 is 9.80 Å². The van der Waals surface area contributed by atoms with Crippen LogP contribution in [0.15, 0.2) is 243 Å². The van der Waals surface area contributed by atoms with Gasteiger partial charge in [0.1, 0.15) is 0 Å². The molecule has 0 bridgehead atoms. The molecule has 1 heterocycles. The molecule has 3 heteroatoms. The average molecular weight is 917 g/mol. The van der Waals surface area contributed by atoms with E-state index >= 15 is 0 Å². The van der Waals surface area contributed by atoms with E-state index in [4.69, 9.17) is 0 Å². The summed E-state index contributed by atoms with van der Waals surface area (Å²) in [4.78, 5) is 4.90. The van der Waals surface area contributed by atoms with Crippen LogP contribution in [0.5, 0.6) is 0 Å². The molecule has 12 aromatic rings. The number of hydrogen-bond donors (Lipinski definition) is 0. The van der Waals surface area contributed by atoms with Gasteiger partial charge in [-0.1, -0.05) is 191 Å². The number of benzene rings is 11. The molecular weight excluding hydrogens is 865 g/mol. The Bertz CT molecular complexity index is 3880. The summed E-state index contributed by atoms with van der Waals surface area (Å²) in [5.74, 6) is 0. The largest absolute Gasteiger partial charge is 0.310 e. The van der Waals surface area contributed by atoms with Crippen LogP contribution in [0, 0.1) is 0 Å². The highest BCUT2D eigenvalue weighted by Gasteiger charge is 2.37. The summed E-state index contributed by atoms with van der Waals surface area (Å²) >= 11 is 1.86. The number of anilines is 6. The first-order chi connectivity index (χ1) is 34.5. The molecule has 2 nitrogen and oxygen atoms in total. The Morgan fingerprint density at radius 3 is 1.66 bits per heavy atom. The summed E-state index contributed by atoms with van der Waals surface area (Å²) in [6, 6.07) is 89.6. The summed E-state index contributed by atoms with van der Waals surface area (Å²) in [6.45, 7) is 8.80. The van der Waals surface area contributed by atoms with Crippen molar-refractivity contribution in [3.63, 3.8) is 0 Å². The van der Waals surface area contributed by atoms with Gasteiger partial charge in [0.25, 0.3) is 0 Å². The number of hydrogen-bond acceptors (Lipinski definition) is 3. The van der Waals surface area contributed by atoms with Crippen LogP contribution in [0.1, 0.15) is 38.8 Å². The van der Waals surface area contributed by atoms with Crippen molar-refractivity contribution in [1.82, 2.24) is 0 Å². The third-order valence-electron chi connectivity index (χ3n) is 14.2. The van der Waals surface area contributed by atoms with Crippen LogP contribution in [0.3, 0.4) is 0 Å². The van der Waals surface area contributed by atoms with Gasteiger partial charge in [-0.25, -0.2) is 0 Å². The zero-order valence-electron chi connectivity index (χ0n) is 39.9. The number of fused-ring (bicyclic) bond motifs is 9. The van der Waals surface area contributed by atoms with Crippen molar-refractivity contribution in [2.45, 2.75) is 33.1 Å². The number of thiophene rings is 1. The van der Waals surface area contributed by atoms with E-state index in [0.29, 0.717) is 0 Å². The molecule has 1 aliphatic rings. The highest BCUT2D eigenvalue weighted by atomic mass is 32.1. The van der Waals surface area contributed by atoms with Gasteiger partial charge in [-0.2, -0.15) is 0 Å². The molecule has 11 aromatic carbocycles. The Hall–Kier alpha value is -8.24. The smallest absolute Gasteiger partial charge is 0.0540 e. The number of para-hydroxylation sites is 1. The van der Waals surface area contributed by atoms with Gasteiger partial charge in [0, 0.05) is 59.4 Å². The van der Waals surface area contributed by atoms with E-state index in [2.05, 4.69) is 266 Å². The normalized spacial score (nSPS) is 12.4. The molecule has 0 spiro atoms. The Kier molecular flexibility index (Phi) is 10.9. The standard InChI is InChI=1S/C65H46N2S.C2H6/c1-65(2)60-40-47(31-35-56(60)58-36-30-46-19-10-12-24-55(46)64(58)65)48-38-52(66(49-21-7-4-8-22-49)50-32-28-44(29-33-50)43-16-5-3-6-17-43)41-53(39-48)67(61-26-15-20-45-18-9-11-23-54(45)61)51-34-37-63-59(42-51)57-25-13-14-27-62(57)68-63;1-2/h3-42H,1-2H3;1-2H3. The molecule has 0 aliphatic heterocycles. The Morgan fingerprint density at radius 1 is 0.329 bits per heavy atom. The zero-order chi connectivity index (χ0) is 47.3. The monoisotopic (exact) mass is 916 g/mol. The van der Waals surface area contributed by atoms with Crippen molar-refractivity contribution in [1.29, 1.82) is 0 Å². The molecule has 0 amide bonds. The lowest BCUT2D eigenvalue weighted by Gasteiger charge is -2.31. The summed E-state index contributed by atoms with van der Waals surface area (Å²) < 4.78 is 2.58. The van der Waals surface area contributed by atoms with Crippen LogP contribution < -0.4 is 9.80 Å². The predicted molar refractivity (Wildman–Crippen MR) is 303 cm³/mol. The van der Waals surface area contributed by atoms with Crippen molar-refractivity contribution >= 4 is 87.2 Å². The molecule has 1 aliphatic carbocycles. The lowest BCUT2D eigenvalue weighted by atomic mass is 9.79. The first-order valence-electron chi connectivity index (χ1n) is 24.5.